The molecule has 0 saturated carbocycles. The predicted molar refractivity (Wildman–Crippen MR) is 152 cm³/mol. The zero-order valence-electron chi connectivity index (χ0n) is 22.0. The maximum Gasteiger partial charge on any atom is 0.320 e. The average Bonchev–Trinajstić information content (AvgIpc) is 3.45. The van der Waals surface area contributed by atoms with Gasteiger partial charge in [0, 0.05) is 30.4 Å². The minimum absolute atomic E-state index is 0.0200. The fourth-order valence-corrected chi connectivity index (χ4v) is 4.28. The van der Waals surface area contributed by atoms with E-state index in [1.54, 1.807) is 18.2 Å². The highest BCUT2D eigenvalue weighted by Crippen LogP contribution is 2.32. The number of ether oxygens (including phenoxy) is 1. The molecule has 0 aliphatic carbocycles. The number of aromatic nitrogens is 3. The van der Waals surface area contributed by atoms with Crippen molar-refractivity contribution in [1.29, 1.82) is 5.26 Å². The summed E-state index contributed by atoms with van der Waals surface area (Å²) in [5, 5.41) is 33.1. The molecule has 200 valence electrons. The van der Waals surface area contributed by atoms with E-state index in [0.29, 0.717) is 41.8 Å². The molecule has 2 heterocycles. The third-order valence-electron chi connectivity index (χ3n) is 6.22. The van der Waals surface area contributed by atoms with E-state index in [2.05, 4.69) is 50.1 Å². The van der Waals surface area contributed by atoms with E-state index in [-0.39, 0.29) is 19.2 Å². The Labute approximate surface area is 232 Å². The third kappa shape index (κ3) is 6.50. The van der Waals surface area contributed by atoms with Crippen LogP contribution >= 0.6 is 0 Å². The van der Waals surface area contributed by atoms with Crippen molar-refractivity contribution < 1.29 is 14.3 Å². The SMILES string of the molecule is Cc1c(-c2ccccc2)cccc1-c1nnc(Nc2cc(CNCCO)nc(OCc3cccc(C#N)c3)c2)o1. The van der Waals surface area contributed by atoms with Crippen LogP contribution in [0, 0.1) is 18.3 Å². The highest BCUT2D eigenvalue weighted by molar-refractivity contribution is 5.75. The summed E-state index contributed by atoms with van der Waals surface area (Å²) in [5.41, 5.74) is 6.89. The lowest BCUT2D eigenvalue weighted by Gasteiger charge is -2.11. The second-order valence-electron chi connectivity index (χ2n) is 9.07. The maximum absolute atomic E-state index is 9.16. The summed E-state index contributed by atoms with van der Waals surface area (Å²) < 4.78 is 12.0. The fourth-order valence-electron chi connectivity index (χ4n) is 4.28. The molecule has 3 aromatic carbocycles. The monoisotopic (exact) mass is 532 g/mol. The molecule has 40 heavy (non-hydrogen) atoms. The molecule has 3 N–H and O–H groups in total. The lowest BCUT2D eigenvalue weighted by molar-refractivity contribution is 0.288. The van der Waals surface area contributed by atoms with Crippen LogP contribution in [0.25, 0.3) is 22.6 Å². The van der Waals surface area contributed by atoms with Crippen LogP contribution < -0.4 is 15.4 Å². The zero-order chi connectivity index (χ0) is 27.7. The summed E-state index contributed by atoms with van der Waals surface area (Å²) in [6.07, 6.45) is 0. The van der Waals surface area contributed by atoms with Crippen molar-refractivity contribution in [2.45, 2.75) is 20.1 Å². The standard InChI is InChI=1S/C31H28N6O3/c1-21-27(24-9-3-2-4-10-24)11-6-12-28(21)30-36-37-31(40-30)35-25-16-26(19-33-13-14-38)34-29(17-25)39-20-23-8-5-7-22(15-23)18-32/h2-12,15-17,33,38H,13-14,19-20H2,1H3,(H,34,35,37). The summed E-state index contributed by atoms with van der Waals surface area (Å²) in [5.74, 6) is 0.796. The Morgan fingerprint density at radius 3 is 2.60 bits per heavy atom. The Morgan fingerprint density at radius 1 is 0.950 bits per heavy atom. The molecule has 0 aliphatic heterocycles. The van der Waals surface area contributed by atoms with Gasteiger partial charge in [0.2, 0.25) is 11.8 Å². The van der Waals surface area contributed by atoms with Gasteiger partial charge in [-0.3, -0.25) is 0 Å². The largest absolute Gasteiger partial charge is 0.473 e. The molecule has 9 nitrogen and oxygen atoms in total. The molecule has 0 saturated heterocycles. The van der Waals surface area contributed by atoms with Crippen LogP contribution in [-0.2, 0) is 13.2 Å². The van der Waals surface area contributed by atoms with Crippen LogP contribution in [0.5, 0.6) is 5.88 Å². The smallest absolute Gasteiger partial charge is 0.320 e. The first-order valence-electron chi connectivity index (χ1n) is 12.8. The molecule has 0 amide bonds. The Balaban J connectivity index is 1.37. The van der Waals surface area contributed by atoms with Crippen LogP contribution in [0.3, 0.4) is 0 Å². The van der Waals surface area contributed by atoms with Gasteiger partial charge in [-0.25, -0.2) is 4.98 Å². The minimum atomic E-state index is 0.0200. The number of aliphatic hydroxyl groups is 1. The quantitative estimate of drug-likeness (QED) is 0.192. The number of nitriles is 1. The summed E-state index contributed by atoms with van der Waals surface area (Å²) in [6.45, 7) is 3.17. The van der Waals surface area contributed by atoms with Gasteiger partial charge >= 0.3 is 6.01 Å². The molecular weight excluding hydrogens is 504 g/mol. The van der Waals surface area contributed by atoms with Gasteiger partial charge in [0.25, 0.3) is 0 Å². The average molecular weight is 533 g/mol. The summed E-state index contributed by atoms with van der Waals surface area (Å²) in [4.78, 5) is 4.57. The van der Waals surface area contributed by atoms with Crippen molar-refractivity contribution in [3.05, 3.63) is 107 Å². The van der Waals surface area contributed by atoms with E-state index in [9.17, 15) is 0 Å². The molecule has 0 radical (unpaired) electrons. The number of aliphatic hydroxyl groups excluding tert-OH is 1. The normalized spacial score (nSPS) is 10.7. The van der Waals surface area contributed by atoms with Gasteiger partial charge < -0.3 is 24.9 Å². The summed E-state index contributed by atoms with van der Waals surface area (Å²) in [7, 11) is 0. The lowest BCUT2D eigenvalue weighted by Crippen LogP contribution is -2.18. The maximum atomic E-state index is 9.16. The third-order valence-corrected chi connectivity index (χ3v) is 6.22. The van der Waals surface area contributed by atoms with Crippen molar-refractivity contribution in [2.24, 2.45) is 0 Å². The van der Waals surface area contributed by atoms with Gasteiger partial charge in [0.1, 0.15) is 6.61 Å². The number of nitrogens with one attached hydrogen (secondary N) is 2. The number of hydrogen-bond donors (Lipinski definition) is 3. The number of nitrogens with zero attached hydrogens (tertiary/aromatic N) is 4. The lowest BCUT2D eigenvalue weighted by atomic mass is 9.96. The number of rotatable bonds is 11. The van der Waals surface area contributed by atoms with E-state index in [4.69, 9.17) is 19.5 Å². The van der Waals surface area contributed by atoms with Crippen molar-refractivity contribution >= 4 is 11.7 Å². The van der Waals surface area contributed by atoms with Crippen LogP contribution in [0.15, 0.2) is 89.3 Å². The molecule has 0 spiro atoms. The van der Waals surface area contributed by atoms with E-state index >= 15 is 0 Å². The molecule has 0 atom stereocenters. The predicted octanol–water partition coefficient (Wildman–Crippen LogP) is 5.38. The number of hydrogen-bond acceptors (Lipinski definition) is 9. The second kappa shape index (κ2) is 12.7. The van der Waals surface area contributed by atoms with Gasteiger partial charge in [-0.05, 0) is 53.4 Å². The van der Waals surface area contributed by atoms with Crippen molar-refractivity contribution in [3.8, 4) is 34.5 Å². The highest BCUT2D eigenvalue weighted by Gasteiger charge is 2.15. The molecule has 0 aliphatic rings. The Morgan fingerprint density at radius 2 is 1.77 bits per heavy atom. The van der Waals surface area contributed by atoms with E-state index in [0.717, 1.165) is 27.8 Å². The molecule has 5 aromatic rings. The van der Waals surface area contributed by atoms with Crippen LogP contribution in [0.1, 0.15) is 22.4 Å². The molecule has 0 fully saturated rings. The molecule has 2 aromatic heterocycles. The Hall–Kier alpha value is -5.04. The molecule has 0 unspecified atom stereocenters. The molecule has 5 rings (SSSR count). The summed E-state index contributed by atoms with van der Waals surface area (Å²) in [6, 6.07) is 29.4. The molecule has 9 heteroatoms. The number of benzene rings is 3. The van der Waals surface area contributed by atoms with Crippen LogP contribution in [0.2, 0.25) is 0 Å². The first-order valence-corrected chi connectivity index (χ1v) is 12.8. The van der Waals surface area contributed by atoms with E-state index < -0.39 is 0 Å². The molecular formula is C31H28N6O3. The number of pyridine rings is 1. The van der Waals surface area contributed by atoms with Crippen LogP contribution in [-0.4, -0.2) is 33.4 Å². The topological polar surface area (TPSA) is 129 Å². The fraction of sp³-hybridized carbons (Fsp3) is 0.161. The van der Waals surface area contributed by atoms with Crippen LogP contribution in [0.4, 0.5) is 11.7 Å². The Bertz CT molecular complexity index is 1630. The highest BCUT2D eigenvalue weighted by atomic mass is 16.5. The van der Waals surface area contributed by atoms with Gasteiger partial charge in [-0.15, -0.1) is 5.10 Å². The van der Waals surface area contributed by atoms with Crippen molar-refractivity contribution in [1.82, 2.24) is 20.5 Å². The van der Waals surface area contributed by atoms with Crippen molar-refractivity contribution in [3.63, 3.8) is 0 Å². The van der Waals surface area contributed by atoms with E-state index in [1.165, 1.54) is 0 Å². The van der Waals surface area contributed by atoms with Crippen molar-refractivity contribution in [2.75, 3.05) is 18.5 Å². The second-order valence-corrected chi connectivity index (χ2v) is 9.07. The van der Waals surface area contributed by atoms with Gasteiger partial charge in [-0.2, -0.15) is 5.26 Å². The van der Waals surface area contributed by atoms with Gasteiger partial charge in [-0.1, -0.05) is 59.7 Å². The molecule has 0 bridgehead atoms. The van der Waals surface area contributed by atoms with E-state index in [1.807, 2.05) is 55.5 Å². The summed E-state index contributed by atoms with van der Waals surface area (Å²) >= 11 is 0. The zero-order valence-corrected chi connectivity index (χ0v) is 22.0. The minimum Gasteiger partial charge on any atom is -0.473 e. The van der Waals surface area contributed by atoms with Gasteiger partial charge in [0.05, 0.1) is 23.9 Å². The Kier molecular flexibility index (Phi) is 8.41. The number of anilines is 2. The first-order chi connectivity index (χ1) is 19.6. The van der Waals surface area contributed by atoms with Gasteiger partial charge in [0.15, 0.2) is 0 Å². The first kappa shape index (κ1) is 26.6.